The number of rotatable bonds is 3. The van der Waals surface area contributed by atoms with E-state index in [4.69, 9.17) is 4.74 Å². The van der Waals surface area contributed by atoms with Gasteiger partial charge in [-0.1, -0.05) is 24.3 Å². The highest BCUT2D eigenvalue weighted by molar-refractivity contribution is 5.95. The number of fused-ring (bicyclic) bond motifs is 1. The van der Waals surface area contributed by atoms with Crippen LogP contribution in [0, 0.1) is 0 Å². The Morgan fingerprint density at radius 2 is 2.09 bits per heavy atom. The minimum Gasteiger partial charge on any atom is -0.508 e. The van der Waals surface area contributed by atoms with Crippen molar-refractivity contribution < 1.29 is 9.84 Å². The molecule has 2 heterocycles. The van der Waals surface area contributed by atoms with E-state index >= 15 is 0 Å². The number of nitrogens with zero attached hydrogens (tertiary/aromatic N) is 1. The Morgan fingerprint density at radius 3 is 3.00 bits per heavy atom. The van der Waals surface area contributed by atoms with Gasteiger partial charge in [-0.25, -0.2) is 4.99 Å². The standard InChI is InChI=1S/C18H16N2O2/c21-15-5-3-4-12(9-15)18-20-14(11-22-18)8-13-10-19-17-7-2-1-6-16(13)17/h1-7,9-10,14,19,21H,8,11H2/t14-/m0/s1. The zero-order chi connectivity index (χ0) is 14.9. The van der Waals surface area contributed by atoms with Crippen molar-refractivity contribution in [1.29, 1.82) is 0 Å². The zero-order valence-electron chi connectivity index (χ0n) is 12.0. The number of aromatic amines is 1. The summed E-state index contributed by atoms with van der Waals surface area (Å²) in [4.78, 5) is 7.94. The van der Waals surface area contributed by atoms with Crippen LogP contribution < -0.4 is 0 Å². The molecule has 4 nitrogen and oxygen atoms in total. The third-order valence-electron chi connectivity index (χ3n) is 3.94. The molecule has 2 N–H and O–H groups in total. The van der Waals surface area contributed by atoms with Crippen LogP contribution in [0.15, 0.2) is 59.7 Å². The maximum atomic E-state index is 9.55. The molecule has 1 atom stereocenters. The minimum atomic E-state index is 0.108. The number of aromatic nitrogens is 1. The van der Waals surface area contributed by atoms with Crippen molar-refractivity contribution in [3.63, 3.8) is 0 Å². The molecule has 2 aromatic carbocycles. The molecule has 0 bridgehead atoms. The third-order valence-corrected chi connectivity index (χ3v) is 3.94. The van der Waals surface area contributed by atoms with E-state index < -0.39 is 0 Å². The van der Waals surface area contributed by atoms with Crippen molar-refractivity contribution in [3.05, 3.63) is 65.9 Å². The molecular formula is C18H16N2O2. The fourth-order valence-corrected chi connectivity index (χ4v) is 2.87. The lowest BCUT2D eigenvalue weighted by atomic mass is 10.1. The smallest absolute Gasteiger partial charge is 0.216 e. The Bertz CT molecular complexity index is 851. The Labute approximate surface area is 128 Å². The second kappa shape index (κ2) is 5.22. The number of nitrogens with one attached hydrogen (secondary N) is 1. The van der Waals surface area contributed by atoms with Crippen LogP contribution in [-0.4, -0.2) is 28.6 Å². The molecule has 0 aliphatic carbocycles. The largest absolute Gasteiger partial charge is 0.508 e. The van der Waals surface area contributed by atoms with E-state index in [-0.39, 0.29) is 11.8 Å². The Hall–Kier alpha value is -2.75. The average Bonchev–Trinajstić information content (AvgIpc) is 3.16. The van der Waals surface area contributed by atoms with Gasteiger partial charge in [-0.2, -0.15) is 0 Å². The zero-order valence-corrected chi connectivity index (χ0v) is 12.0. The number of para-hydroxylation sites is 1. The van der Waals surface area contributed by atoms with E-state index in [1.807, 2.05) is 24.4 Å². The van der Waals surface area contributed by atoms with Gasteiger partial charge in [0, 0.05) is 29.1 Å². The number of hydrogen-bond donors (Lipinski definition) is 2. The summed E-state index contributed by atoms with van der Waals surface area (Å²) in [6.07, 6.45) is 2.89. The minimum absolute atomic E-state index is 0.108. The van der Waals surface area contributed by atoms with E-state index in [2.05, 4.69) is 22.1 Å². The van der Waals surface area contributed by atoms with Crippen LogP contribution in [0.2, 0.25) is 0 Å². The van der Waals surface area contributed by atoms with Crippen LogP contribution in [0.5, 0.6) is 5.75 Å². The van der Waals surface area contributed by atoms with Gasteiger partial charge in [-0.15, -0.1) is 0 Å². The van der Waals surface area contributed by atoms with Gasteiger partial charge in [0.1, 0.15) is 12.4 Å². The summed E-state index contributed by atoms with van der Waals surface area (Å²) >= 11 is 0. The number of benzene rings is 2. The second-order valence-electron chi connectivity index (χ2n) is 5.51. The van der Waals surface area contributed by atoms with Crippen molar-refractivity contribution in [2.75, 3.05) is 6.61 Å². The van der Waals surface area contributed by atoms with E-state index in [9.17, 15) is 5.11 Å². The molecule has 4 rings (SSSR count). The quantitative estimate of drug-likeness (QED) is 0.778. The molecule has 4 heteroatoms. The Balaban J connectivity index is 1.57. The van der Waals surface area contributed by atoms with Crippen LogP contribution in [-0.2, 0) is 11.2 Å². The van der Waals surface area contributed by atoms with Gasteiger partial charge in [0.2, 0.25) is 5.90 Å². The Kier molecular flexibility index (Phi) is 3.07. The molecule has 1 aliphatic rings. The van der Waals surface area contributed by atoms with E-state index in [0.717, 1.165) is 17.5 Å². The molecule has 22 heavy (non-hydrogen) atoms. The molecule has 0 unspecified atom stereocenters. The van der Waals surface area contributed by atoms with Crippen LogP contribution in [0.3, 0.4) is 0 Å². The van der Waals surface area contributed by atoms with Crippen LogP contribution in [0.25, 0.3) is 10.9 Å². The summed E-state index contributed by atoms with van der Waals surface area (Å²) in [5.74, 6) is 0.838. The lowest BCUT2D eigenvalue weighted by molar-refractivity contribution is 0.317. The third kappa shape index (κ3) is 2.33. The number of phenols is 1. The molecule has 0 fully saturated rings. The van der Waals surface area contributed by atoms with Gasteiger partial charge in [0.25, 0.3) is 0 Å². The van der Waals surface area contributed by atoms with Gasteiger partial charge < -0.3 is 14.8 Å². The first-order chi connectivity index (χ1) is 10.8. The lowest BCUT2D eigenvalue weighted by Crippen LogP contribution is -2.09. The number of phenolic OH excluding ortho intramolecular Hbond substituents is 1. The molecule has 0 radical (unpaired) electrons. The average molecular weight is 292 g/mol. The van der Waals surface area contributed by atoms with E-state index in [0.29, 0.717) is 12.5 Å². The van der Waals surface area contributed by atoms with Crippen LogP contribution >= 0.6 is 0 Å². The monoisotopic (exact) mass is 292 g/mol. The normalized spacial score (nSPS) is 17.5. The SMILES string of the molecule is Oc1cccc(C2=N[C@@H](Cc3c[nH]c4ccccc34)CO2)c1. The number of hydrogen-bond acceptors (Lipinski definition) is 3. The maximum absolute atomic E-state index is 9.55. The highest BCUT2D eigenvalue weighted by atomic mass is 16.5. The van der Waals surface area contributed by atoms with Gasteiger partial charge in [-0.05, 0) is 29.8 Å². The number of aliphatic imine (C=N–C) groups is 1. The molecule has 1 aliphatic heterocycles. The van der Waals surface area contributed by atoms with Crippen molar-refractivity contribution >= 4 is 16.8 Å². The molecule has 110 valence electrons. The predicted molar refractivity (Wildman–Crippen MR) is 86.4 cm³/mol. The molecule has 0 spiro atoms. The highest BCUT2D eigenvalue weighted by Gasteiger charge is 2.21. The first kappa shape index (κ1) is 13.0. The first-order valence-electron chi connectivity index (χ1n) is 7.34. The van der Waals surface area contributed by atoms with Gasteiger partial charge in [0.05, 0.1) is 6.04 Å². The van der Waals surface area contributed by atoms with Gasteiger partial charge in [-0.3, -0.25) is 0 Å². The van der Waals surface area contributed by atoms with Crippen molar-refractivity contribution in [2.45, 2.75) is 12.5 Å². The van der Waals surface area contributed by atoms with Gasteiger partial charge in [0.15, 0.2) is 0 Å². The van der Waals surface area contributed by atoms with E-state index in [1.165, 1.54) is 10.9 Å². The fraction of sp³-hybridized carbons (Fsp3) is 0.167. The predicted octanol–water partition coefficient (Wildman–Crippen LogP) is 3.26. The molecular weight excluding hydrogens is 276 g/mol. The summed E-state index contributed by atoms with van der Waals surface area (Å²) in [6, 6.07) is 15.4. The number of ether oxygens (including phenoxy) is 1. The molecule has 1 aromatic heterocycles. The number of aromatic hydroxyl groups is 1. The summed E-state index contributed by atoms with van der Waals surface area (Å²) in [5.41, 5.74) is 3.22. The van der Waals surface area contributed by atoms with Crippen molar-refractivity contribution in [2.24, 2.45) is 4.99 Å². The van der Waals surface area contributed by atoms with Crippen LogP contribution in [0.4, 0.5) is 0 Å². The van der Waals surface area contributed by atoms with Gasteiger partial charge >= 0.3 is 0 Å². The highest BCUT2D eigenvalue weighted by Crippen LogP contribution is 2.23. The molecule has 0 saturated heterocycles. The summed E-state index contributed by atoms with van der Waals surface area (Å²) in [7, 11) is 0. The van der Waals surface area contributed by atoms with Crippen molar-refractivity contribution in [3.8, 4) is 5.75 Å². The maximum Gasteiger partial charge on any atom is 0.216 e. The second-order valence-corrected chi connectivity index (χ2v) is 5.51. The molecule has 0 amide bonds. The van der Waals surface area contributed by atoms with Crippen LogP contribution in [0.1, 0.15) is 11.1 Å². The number of H-pyrrole nitrogens is 1. The fourth-order valence-electron chi connectivity index (χ4n) is 2.87. The first-order valence-corrected chi connectivity index (χ1v) is 7.34. The lowest BCUT2D eigenvalue weighted by Gasteiger charge is -2.03. The summed E-state index contributed by atoms with van der Waals surface area (Å²) < 4.78 is 5.70. The Morgan fingerprint density at radius 1 is 1.18 bits per heavy atom. The van der Waals surface area contributed by atoms with Crippen molar-refractivity contribution in [1.82, 2.24) is 4.98 Å². The molecule has 0 saturated carbocycles. The molecule has 3 aromatic rings. The summed E-state index contributed by atoms with van der Waals surface area (Å²) in [6.45, 7) is 0.574. The summed E-state index contributed by atoms with van der Waals surface area (Å²) in [5, 5.41) is 10.8. The topological polar surface area (TPSA) is 57.6 Å². The van der Waals surface area contributed by atoms with E-state index in [1.54, 1.807) is 18.2 Å².